The monoisotopic (exact) mass is 392 g/mol. The van der Waals surface area contributed by atoms with Crippen molar-refractivity contribution in [2.24, 2.45) is 0 Å². The van der Waals surface area contributed by atoms with Crippen molar-refractivity contribution in [1.82, 2.24) is 29.9 Å². The highest BCUT2D eigenvalue weighted by atomic mass is 32.1. The zero-order chi connectivity index (χ0) is 19.1. The Morgan fingerprint density at radius 2 is 2.25 bits per heavy atom. The molecule has 1 N–H and O–H groups in total. The van der Waals surface area contributed by atoms with Gasteiger partial charge in [0.25, 0.3) is 0 Å². The molecule has 1 aliphatic rings. The lowest BCUT2D eigenvalue weighted by atomic mass is 10.0. The number of ether oxygens (including phenoxy) is 1. The van der Waals surface area contributed by atoms with Gasteiger partial charge < -0.3 is 9.30 Å². The van der Waals surface area contributed by atoms with Crippen molar-refractivity contribution in [3.63, 3.8) is 0 Å². The predicted molar refractivity (Wildman–Crippen MR) is 108 cm³/mol. The smallest absolute Gasteiger partial charge is 0.193 e. The third kappa shape index (κ3) is 2.80. The minimum absolute atomic E-state index is 0.335. The van der Waals surface area contributed by atoms with E-state index in [-0.39, 0.29) is 0 Å². The second-order valence-electron chi connectivity index (χ2n) is 6.91. The molecule has 0 saturated heterocycles. The first kappa shape index (κ1) is 17.1. The number of benzene rings is 1. The fourth-order valence-corrected chi connectivity index (χ4v) is 4.47. The van der Waals surface area contributed by atoms with Gasteiger partial charge in [-0.25, -0.2) is 4.98 Å². The average molecular weight is 392 g/mol. The fraction of sp³-hybridized carbons (Fsp3) is 0.300. The summed E-state index contributed by atoms with van der Waals surface area (Å²) in [4.78, 5) is 6.19. The molecule has 0 spiro atoms. The molecule has 1 atom stereocenters. The largest absolute Gasteiger partial charge is 0.492 e. The Bertz CT molecular complexity index is 1110. The summed E-state index contributed by atoms with van der Waals surface area (Å²) in [6, 6.07) is 6.57. The summed E-state index contributed by atoms with van der Waals surface area (Å²) in [5.41, 5.74) is 4.13. The molecule has 0 radical (unpaired) electrons. The van der Waals surface area contributed by atoms with Crippen molar-refractivity contribution in [3.8, 4) is 39.0 Å². The molecule has 3 aromatic heterocycles. The highest BCUT2D eigenvalue weighted by Crippen LogP contribution is 2.41. The van der Waals surface area contributed by atoms with Crippen LogP contribution in [0.3, 0.4) is 0 Å². The van der Waals surface area contributed by atoms with Crippen LogP contribution < -0.4 is 4.74 Å². The molecule has 0 amide bonds. The quantitative estimate of drug-likeness (QED) is 0.558. The van der Waals surface area contributed by atoms with Crippen LogP contribution in [-0.4, -0.2) is 36.6 Å². The molecule has 5 rings (SSSR count). The average Bonchev–Trinajstić information content (AvgIpc) is 3.46. The Labute approximate surface area is 166 Å². The third-order valence-electron chi connectivity index (χ3n) is 5.18. The van der Waals surface area contributed by atoms with Crippen LogP contribution in [0.4, 0.5) is 0 Å². The number of hydrogen-bond donors (Lipinski definition) is 1. The Hall–Kier alpha value is -3.00. The number of nitrogens with zero attached hydrogens (tertiary/aromatic N) is 5. The fourth-order valence-electron chi connectivity index (χ4n) is 3.42. The Balaban J connectivity index is 1.59. The van der Waals surface area contributed by atoms with E-state index in [1.165, 1.54) is 4.88 Å². The molecular formula is C20H20N6OS. The zero-order valence-corrected chi connectivity index (χ0v) is 16.5. The zero-order valence-electron chi connectivity index (χ0n) is 15.7. The molecule has 1 unspecified atom stereocenters. The van der Waals surface area contributed by atoms with Crippen molar-refractivity contribution >= 4 is 11.3 Å². The molecule has 8 heteroatoms. The Kier molecular flexibility index (Phi) is 4.20. The highest BCUT2D eigenvalue weighted by molar-refractivity contribution is 7.15. The topological polar surface area (TPSA) is 81.5 Å². The summed E-state index contributed by atoms with van der Waals surface area (Å²) in [6.45, 7) is 4.97. The molecular weight excluding hydrogens is 372 g/mol. The summed E-state index contributed by atoms with van der Waals surface area (Å²) in [5, 5.41) is 16.3. The summed E-state index contributed by atoms with van der Waals surface area (Å²) in [6.07, 6.45) is 7.34. The van der Waals surface area contributed by atoms with Gasteiger partial charge in [0, 0.05) is 34.7 Å². The second-order valence-corrected chi connectivity index (χ2v) is 7.99. The number of nitrogens with one attached hydrogen (secondary N) is 1. The maximum atomic E-state index is 6.04. The Morgan fingerprint density at radius 3 is 3.07 bits per heavy atom. The van der Waals surface area contributed by atoms with Gasteiger partial charge in [-0.3, -0.25) is 5.10 Å². The van der Waals surface area contributed by atoms with E-state index in [9.17, 15) is 0 Å². The molecule has 0 saturated carbocycles. The van der Waals surface area contributed by atoms with Crippen LogP contribution in [0.2, 0.25) is 0 Å². The lowest BCUT2D eigenvalue weighted by Crippen LogP contribution is -2.04. The first-order valence-electron chi connectivity index (χ1n) is 9.40. The predicted octanol–water partition coefficient (Wildman–Crippen LogP) is 4.36. The molecule has 28 heavy (non-hydrogen) atoms. The van der Waals surface area contributed by atoms with E-state index >= 15 is 0 Å². The van der Waals surface area contributed by atoms with Crippen molar-refractivity contribution in [2.75, 3.05) is 6.61 Å². The number of hydrogen-bond acceptors (Lipinski definition) is 6. The lowest BCUT2D eigenvalue weighted by molar-refractivity contribution is 0.327. The second kappa shape index (κ2) is 6.87. The molecule has 1 aliphatic heterocycles. The summed E-state index contributed by atoms with van der Waals surface area (Å²) >= 11 is 1.68. The number of aromatic amines is 1. The van der Waals surface area contributed by atoms with E-state index < -0.39 is 0 Å². The van der Waals surface area contributed by atoms with Gasteiger partial charge in [0.2, 0.25) is 0 Å². The van der Waals surface area contributed by atoms with Gasteiger partial charge >= 0.3 is 0 Å². The first-order valence-corrected chi connectivity index (χ1v) is 10.2. The molecule has 7 nitrogen and oxygen atoms in total. The van der Waals surface area contributed by atoms with Crippen LogP contribution in [0.1, 0.15) is 31.2 Å². The number of rotatable bonds is 4. The van der Waals surface area contributed by atoms with E-state index in [4.69, 9.17) is 9.72 Å². The van der Waals surface area contributed by atoms with Gasteiger partial charge in [0.1, 0.15) is 12.1 Å². The number of thiazole rings is 1. The molecule has 142 valence electrons. The molecule has 4 aromatic rings. The van der Waals surface area contributed by atoms with E-state index in [1.807, 2.05) is 12.4 Å². The van der Waals surface area contributed by atoms with E-state index in [2.05, 4.69) is 57.0 Å². The van der Waals surface area contributed by atoms with Gasteiger partial charge in [-0.15, -0.1) is 21.5 Å². The van der Waals surface area contributed by atoms with Crippen molar-refractivity contribution in [3.05, 3.63) is 41.8 Å². The molecule has 0 fully saturated rings. The minimum Gasteiger partial charge on any atom is -0.492 e. The van der Waals surface area contributed by atoms with Gasteiger partial charge in [-0.05, 0) is 31.0 Å². The summed E-state index contributed by atoms with van der Waals surface area (Å²) in [7, 11) is 0. The highest BCUT2D eigenvalue weighted by Gasteiger charge is 2.24. The van der Waals surface area contributed by atoms with Crippen LogP contribution in [-0.2, 0) is 6.42 Å². The molecule has 1 aromatic carbocycles. The van der Waals surface area contributed by atoms with Gasteiger partial charge in [-0.2, -0.15) is 5.10 Å². The van der Waals surface area contributed by atoms with E-state index in [0.29, 0.717) is 12.6 Å². The summed E-state index contributed by atoms with van der Waals surface area (Å²) < 4.78 is 8.15. The maximum absolute atomic E-state index is 6.04. The van der Waals surface area contributed by atoms with Crippen molar-refractivity contribution in [1.29, 1.82) is 0 Å². The van der Waals surface area contributed by atoms with Crippen LogP contribution >= 0.6 is 11.3 Å². The van der Waals surface area contributed by atoms with E-state index in [1.54, 1.807) is 17.7 Å². The molecule has 4 heterocycles. The normalized spacial score (nSPS) is 14.1. The Morgan fingerprint density at radius 1 is 1.32 bits per heavy atom. The molecule has 0 bridgehead atoms. The summed E-state index contributed by atoms with van der Waals surface area (Å²) in [5.74, 6) is 1.70. The maximum Gasteiger partial charge on any atom is 0.193 e. The van der Waals surface area contributed by atoms with Gasteiger partial charge in [0.15, 0.2) is 10.8 Å². The third-order valence-corrected chi connectivity index (χ3v) is 6.29. The van der Waals surface area contributed by atoms with Crippen LogP contribution in [0, 0.1) is 0 Å². The van der Waals surface area contributed by atoms with Crippen LogP contribution in [0.5, 0.6) is 5.75 Å². The van der Waals surface area contributed by atoms with Crippen molar-refractivity contribution in [2.45, 2.75) is 32.7 Å². The van der Waals surface area contributed by atoms with Gasteiger partial charge in [-0.1, -0.05) is 13.0 Å². The first-order chi connectivity index (χ1) is 13.7. The minimum atomic E-state index is 0.335. The van der Waals surface area contributed by atoms with Gasteiger partial charge in [0.05, 0.1) is 18.5 Å². The number of fused-ring (bicyclic) bond motifs is 3. The van der Waals surface area contributed by atoms with Crippen LogP contribution in [0.25, 0.3) is 33.2 Å². The number of aromatic nitrogens is 6. The molecule has 0 aliphatic carbocycles. The standard InChI is InChI=1S/C20H20N6OS/c1-3-12(2)26-11-23-25-19(26)20-24-18-15-5-4-13(14-9-21-22-10-14)8-16(15)27-7-6-17(18)28-20/h4-5,8-12H,3,6-7H2,1-2H3,(H,21,22). The number of H-pyrrole nitrogens is 1. The van der Waals surface area contributed by atoms with E-state index in [0.717, 1.165) is 51.8 Å². The lowest BCUT2D eigenvalue weighted by Gasteiger charge is -2.11. The van der Waals surface area contributed by atoms with Crippen molar-refractivity contribution < 1.29 is 4.74 Å². The van der Waals surface area contributed by atoms with Crippen LogP contribution in [0.15, 0.2) is 36.9 Å². The SMILES string of the molecule is CCC(C)n1cnnc1-c1nc2c(s1)CCOc1cc(-c3cn[nH]c3)ccc1-2.